The highest BCUT2D eigenvalue weighted by atomic mass is 16.7. The zero-order valence-corrected chi connectivity index (χ0v) is 8.82. The largest absolute Gasteiger partial charge is 0.454 e. The number of carbonyl (C=O) groups is 1. The van der Waals surface area contributed by atoms with E-state index in [0.29, 0.717) is 11.5 Å². The van der Waals surface area contributed by atoms with E-state index in [0.717, 1.165) is 10.9 Å². The summed E-state index contributed by atoms with van der Waals surface area (Å²) in [5, 5.41) is 0.789. The molecule has 6 nitrogen and oxygen atoms in total. The van der Waals surface area contributed by atoms with Crippen molar-refractivity contribution in [2.45, 2.75) is 0 Å². The Morgan fingerprint density at radius 2 is 1.94 bits per heavy atom. The van der Waals surface area contributed by atoms with Gasteiger partial charge in [0.15, 0.2) is 11.5 Å². The van der Waals surface area contributed by atoms with Gasteiger partial charge < -0.3 is 15.2 Å². The van der Waals surface area contributed by atoms with Gasteiger partial charge in [-0.1, -0.05) is 0 Å². The van der Waals surface area contributed by atoms with Crippen LogP contribution in [0.2, 0.25) is 0 Å². The average molecular weight is 232 g/mol. The van der Waals surface area contributed by atoms with E-state index in [1.165, 1.54) is 0 Å². The van der Waals surface area contributed by atoms with Gasteiger partial charge in [-0.05, 0) is 12.1 Å². The van der Waals surface area contributed by atoms with Crippen molar-refractivity contribution in [2.24, 2.45) is 5.73 Å². The fraction of sp³-hybridized carbons (Fsp3) is 0.0909. The Labute approximate surface area is 96.1 Å². The van der Waals surface area contributed by atoms with E-state index in [1.807, 2.05) is 0 Å². The van der Waals surface area contributed by atoms with Gasteiger partial charge in [0.1, 0.15) is 11.1 Å². The van der Waals surface area contributed by atoms with Gasteiger partial charge in [0.05, 0.1) is 0 Å². The number of carbonyl (C=O) groups excluding carboxylic acids is 1. The topological polar surface area (TPSA) is 102 Å². The van der Waals surface area contributed by atoms with Crippen molar-refractivity contribution in [1.82, 2.24) is 0 Å². The third-order valence-electron chi connectivity index (χ3n) is 2.67. The predicted octanol–water partition coefficient (Wildman–Crippen LogP) is 0.0637. The summed E-state index contributed by atoms with van der Waals surface area (Å²) in [4.78, 5) is 14.1. The summed E-state index contributed by atoms with van der Waals surface area (Å²) in [7, 11) is 0. The molecule has 2 heterocycles. The molecule has 6 heteroatoms. The van der Waals surface area contributed by atoms with Crippen LogP contribution in [0.4, 0.5) is 5.82 Å². The van der Waals surface area contributed by atoms with E-state index in [2.05, 4.69) is 4.98 Å². The molecule has 0 spiro atoms. The lowest BCUT2D eigenvalue weighted by Crippen LogP contribution is -2.21. The molecule has 17 heavy (non-hydrogen) atoms. The first-order chi connectivity index (χ1) is 8.15. The lowest BCUT2D eigenvalue weighted by molar-refractivity contribution is -0.326. The fourth-order valence-corrected chi connectivity index (χ4v) is 1.83. The minimum Gasteiger partial charge on any atom is -0.454 e. The van der Waals surface area contributed by atoms with Crippen molar-refractivity contribution in [2.75, 3.05) is 12.5 Å². The minimum atomic E-state index is -0.571. The number of hydrogen-bond donors (Lipinski definition) is 2. The second-order valence-corrected chi connectivity index (χ2v) is 3.75. The highest BCUT2D eigenvalue weighted by Gasteiger charge is 2.19. The molecule has 1 aromatic carbocycles. The van der Waals surface area contributed by atoms with Crippen LogP contribution in [0.3, 0.4) is 0 Å². The summed E-state index contributed by atoms with van der Waals surface area (Å²) in [6.45, 7) is 0.198. The molecule has 0 saturated carbocycles. The molecule has 5 N–H and O–H groups in total. The predicted molar refractivity (Wildman–Crippen MR) is 59.6 cm³/mol. The molecule has 0 saturated heterocycles. The number of pyridine rings is 1. The lowest BCUT2D eigenvalue weighted by atomic mass is 10.1. The van der Waals surface area contributed by atoms with Gasteiger partial charge in [-0.25, -0.2) is 4.98 Å². The van der Waals surface area contributed by atoms with Gasteiger partial charge in [0.2, 0.25) is 6.79 Å². The lowest BCUT2D eigenvalue weighted by Gasteiger charge is -2.01. The van der Waals surface area contributed by atoms with Crippen molar-refractivity contribution >= 4 is 22.6 Å². The van der Waals surface area contributed by atoms with Crippen molar-refractivity contribution < 1.29 is 19.3 Å². The van der Waals surface area contributed by atoms with Gasteiger partial charge in [-0.15, -0.1) is 0 Å². The first-order valence-electron chi connectivity index (χ1n) is 5.00. The highest BCUT2D eigenvalue weighted by molar-refractivity contribution is 5.99. The van der Waals surface area contributed by atoms with Crippen LogP contribution in [-0.4, -0.2) is 12.7 Å². The molecule has 1 aliphatic heterocycles. The summed E-state index contributed by atoms with van der Waals surface area (Å²) >= 11 is 0. The Kier molecular flexibility index (Phi) is 1.85. The van der Waals surface area contributed by atoms with Gasteiger partial charge in [0.25, 0.3) is 11.7 Å². The molecule has 0 atom stereocenters. The zero-order chi connectivity index (χ0) is 12.0. The first kappa shape index (κ1) is 9.71. The number of ether oxygens (including phenoxy) is 2. The smallest absolute Gasteiger partial charge is 0.283 e. The normalized spacial score (nSPS) is 12.9. The van der Waals surface area contributed by atoms with E-state index < -0.39 is 5.91 Å². The average Bonchev–Trinajstić information content (AvgIpc) is 2.71. The van der Waals surface area contributed by atoms with Crippen LogP contribution in [0.5, 0.6) is 11.5 Å². The summed E-state index contributed by atoms with van der Waals surface area (Å²) in [6.07, 6.45) is 0. The maximum Gasteiger partial charge on any atom is 0.283 e. The van der Waals surface area contributed by atoms with Crippen molar-refractivity contribution in [3.05, 3.63) is 23.8 Å². The van der Waals surface area contributed by atoms with E-state index in [9.17, 15) is 4.79 Å². The van der Waals surface area contributed by atoms with Gasteiger partial charge in [-0.3, -0.25) is 10.5 Å². The monoisotopic (exact) mass is 232 g/mol. The number of rotatable bonds is 1. The molecule has 0 radical (unpaired) electrons. The van der Waals surface area contributed by atoms with Gasteiger partial charge >= 0.3 is 0 Å². The number of nitrogens with two attached hydrogens (primary N) is 2. The summed E-state index contributed by atoms with van der Waals surface area (Å²) in [6, 6.07) is 5.18. The third kappa shape index (κ3) is 1.42. The quantitative estimate of drug-likeness (QED) is 0.725. The van der Waals surface area contributed by atoms with E-state index in [1.54, 1.807) is 18.2 Å². The Bertz CT molecular complexity index is 639. The molecule has 2 aromatic rings. The molecule has 1 aromatic heterocycles. The molecule has 0 fully saturated rings. The first-order valence-corrected chi connectivity index (χ1v) is 5.00. The summed E-state index contributed by atoms with van der Waals surface area (Å²) in [5.74, 6) is 0.966. The second kappa shape index (κ2) is 3.24. The molecule has 0 unspecified atom stereocenters. The Morgan fingerprint density at radius 3 is 2.65 bits per heavy atom. The molecule has 0 aliphatic carbocycles. The van der Waals surface area contributed by atoms with Crippen LogP contribution < -0.4 is 25.9 Å². The number of fused-ring (bicyclic) bond motifs is 2. The number of hydrogen-bond acceptors (Lipinski definition) is 4. The Hall–Kier alpha value is -2.50. The molecule has 1 amide bonds. The number of benzene rings is 1. The van der Waals surface area contributed by atoms with Crippen LogP contribution >= 0.6 is 0 Å². The van der Waals surface area contributed by atoms with Crippen molar-refractivity contribution in [3.63, 3.8) is 0 Å². The second-order valence-electron chi connectivity index (χ2n) is 3.75. The van der Waals surface area contributed by atoms with Crippen LogP contribution in [0.25, 0.3) is 10.9 Å². The maximum absolute atomic E-state index is 11.2. The molecule has 3 rings (SSSR count). The van der Waals surface area contributed by atoms with Crippen LogP contribution in [0, 0.1) is 0 Å². The van der Waals surface area contributed by atoms with Crippen LogP contribution in [0.15, 0.2) is 18.2 Å². The number of aromatic amines is 1. The number of aromatic nitrogens is 1. The fourth-order valence-electron chi connectivity index (χ4n) is 1.83. The minimum absolute atomic E-state index is 0.198. The Morgan fingerprint density at radius 1 is 1.24 bits per heavy atom. The number of nitrogens with one attached hydrogen (secondary N) is 1. The molecule has 86 valence electrons. The van der Waals surface area contributed by atoms with E-state index in [-0.39, 0.29) is 18.2 Å². The van der Waals surface area contributed by atoms with Gasteiger partial charge in [0, 0.05) is 11.5 Å². The summed E-state index contributed by atoms with van der Waals surface area (Å²) in [5.41, 5.74) is 11.9. The number of anilines is 1. The molecular weight excluding hydrogens is 222 g/mol. The number of primary amides is 1. The van der Waals surface area contributed by atoms with Crippen molar-refractivity contribution in [1.29, 1.82) is 0 Å². The SMILES string of the molecule is NC(=O)c1cc2cc3c(cc2[nH+]c1N)OCO3. The zero-order valence-electron chi connectivity index (χ0n) is 8.82. The number of H-pyrrole nitrogens is 1. The van der Waals surface area contributed by atoms with E-state index in [4.69, 9.17) is 20.9 Å². The van der Waals surface area contributed by atoms with Crippen LogP contribution in [-0.2, 0) is 0 Å². The van der Waals surface area contributed by atoms with Crippen LogP contribution in [0.1, 0.15) is 10.4 Å². The maximum atomic E-state index is 11.2. The standard InChI is InChI=1S/C11H9N3O3/c12-10-6(11(13)15)1-5-2-8-9(17-4-16-8)3-7(5)14-10/h1-3H,4H2,(H2,12,14)(H2,13,15)/p+1. The molecular formula is C11H10N3O3+. The number of amides is 1. The molecule has 1 aliphatic rings. The third-order valence-corrected chi connectivity index (χ3v) is 2.67. The number of nitrogen functional groups attached to an aromatic ring is 1. The Balaban J connectivity index is 2.29. The highest BCUT2D eigenvalue weighted by Crippen LogP contribution is 2.35. The van der Waals surface area contributed by atoms with E-state index >= 15 is 0 Å². The van der Waals surface area contributed by atoms with Crippen molar-refractivity contribution in [3.8, 4) is 11.5 Å². The van der Waals surface area contributed by atoms with Gasteiger partial charge in [-0.2, -0.15) is 0 Å². The molecule has 0 bridgehead atoms. The summed E-state index contributed by atoms with van der Waals surface area (Å²) < 4.78 is 10.5.